The molecule has 0 aliphatic carbocycles. The maximum absolute atomic E-state index is 17.1. The van der Waals surface area contributed by atoms with Crippen LogP contribution in [-0.4, -0.2) is 8.42 Å². The van der Waals surface area contributed by atoms with E-state index >= 15 is 8.78 Å². The fourth-order valence-electron chi connectivity index (χ4n) is 3.79. The van der Waals surface area contributed by atoms with Crippen molar-refractivity contribution in [3.8, 4) is 0 Å². The molecule has 2 nitrogen and oxygen atoms in total. The third-order valence-corrected chi connectivity index (χ3v) is 9.20. The minimum Gasteiger partial charge on any atom is -0.221 e. The van der Waals surface area contributed by atoms with Gasteiger partial charge in [-0.05, 0) is 47.5 Å². The number of rotatable bonds is 8. The van der Waals surface area contributed by atoms with Gasteiger partial charge in [0, 0.05) is 20.1 Å². The summed E-state index contributed by atoms with van der Waals surface area (Å²) in [6.45, 7) is 0. The lowest BCUT2D eigenvalue weighted by Gasteiger charge is -2.31. The molecule has 0 saturated heterocycles. The van der Waals surface area contributed by atoms with E-state index < -0.39 is 19.8 Å². The van der Waals surface area contributed by atoms with Crippen molar-refractivity contribution in [1.29, 1.82) is 0 Å². The van der Waals surface area contributed by atoms with E-state index in [1.54, 1.807) is 60.7 Å². The van der Waals surface area contributed by atoms with E-state index in [0.717, 1.165) is 12.2 Å². The molecule has 0 heterocycles. The lowest BCUT2D eigenvalue weighted by Crippen LogP contribution is -2.42. The molecule has 4 aromatic carbocycles. The average Bonchev–Trinajstić information content (AvgIpc) is 2.92. The molecule has 0 amide bonds. The Kier molecular flexibility index (Phi) is 8.26. The Morgan fingerprint density at radius 3 is 1.19 bits per heavy atom. The van der Waals surface area contributed by atoms with Gasteiger partial charge in [-0.15, -0.1) is 0 Å². The molecule has 7 heteroatoms. The van der Waals surface area contributed by atoms with E-state index in [0.29, 0.717) is 20.1 Å². The summed E-state index contributed by atoms with van der Waals surface area (Å²) in [6, 6.07) is 28.8. The summed E-state index contributed by atoms with van der Waals surface area (Å²) in [7, 11) is -5.27. The Hall–Kier alpha value is -2.87. The van der Waals surface area contributed by atoms with Crippen LogP contribution in [0.1, 0.15) is 22.3 Å². The smallest absolute Gasteiger partial charge is 0.221 e. The van der Waals surface area contributed by atoms with E-state index in [4.69, 9.17) is 0 Å². The van der Waals surface area contributed by atoms with Crippen molar-refractivity contribution >= 4 is 53.8 Å². The molecule has 0 radical (unpaired) electrons. The molecule has 0 aliphatic heterocycles. The Labute approximate surface area is 232 Å². The predicted molar refractivity (Wildman–Crippen MR) is 154 cm³/mol. The quantitative estimate of drug-likeness (QED) is 0.192. The fourth-order valence-corrected chi connectivity index (χ4v) is 6.14. The van der Waals surface area contributed by atoms with Crippen molar-refractivity contribution in [2.75, 3.05) is 0 Å². The zero-order valence-corrected chi connectivity index (χ0v) is 23.4. The van der Waals surface area contributed by atoms with Crippen molar-refractivity contribution in [1.82, 2.24) is 0 Å². The summed E-state index contributed by atoms with van der Waals surface area (Å²) < 4.78 is 63.9. The zero-order valence-electron chi connectivity index (χ0n) is 19.4. The number of hydrogen-bond donors (Lipinski definition) is 0. The second-order valence-corrected chi connectivity index (χ2v) is 12.3. The number of halogens is 4. The highest BCUT2D eigenvalue weighted by Gasteiger charge is 2.57. The van der Waals surface area contributed by atoms with E-state index in [1.165, 1.54) is 60.7 Å². The maximum atomic E-state index is 17.1. The highest BCUT2D eigenvalue weighted by molar-refractivity contribution is 9.10. The van der Waals surface area contributed by atoms with Gasteiger partial charge in [-0.1, -0.05) is 129 Å². The summed E-state index contributed by atoms with van der Waals surface area (Å²) in [4.78, 5) is 0. The zero-order chi connectivity index (χ0) is 26.5. The molecular formula is C30H22Br2F2O2S. The Balaban J connectivity index is 1.95. The molecule has 2 unspecified atom stereocenters. The SMILES string of the molecule is O=S(=O)(C(F)(C=Cc1ccccc1)c1ccc(Br)cc1)C(F)(C=Cc1ccccc1)c1ccc(Br)cc1. The van der Waals surface area contributed by atoms with Crippen LogP contribution in [0, 0.1) is 0 Å². The van der Waals surface area contributed by atoms with Crippen LogP contribution in [0.2, 0.25) is 0 Å². The minimum absolute atomic E-state index is 0.213. The third kappa shape index (κ3) is 5.69. The van der Waals surface area contributed by atoms with Gasteiger partial charge in [0.05, 0.1) is 0 Å². The van der Waals surface area contributed by atoms with Gasteiger partial charge >= 0.3 is 0 Å². The summed E-state index contributed by atoms with van der Waals surface area (Å²) in [5.41, 5.74) is 0.722. The number of alkyl halides is 2. The molecule has 0 aromatic heterocycles. The van der Waals surface area contributed by atoms with Crippen LogP contribution in [0.25, 0.3) is 12.2 Å². The first-order chi connectivity index (χ1) is 17.7. The molecule has 0 fully saturated rings. The van der Waals surface area contributed by atoms with Crippen molar-refractivity contribution in [3.05, 3.63) is 153 Å². The van der Waals surface area contributed by atoms with Crippen molar-refractivity contribution in [2.24, 2.45) is 0 Å². The van der Waals surface area contributed by atoms with Crippen molar-refractivity contribution in [3.63, 3.8) is 0 Å². The van der Waals surface area contributed by atoms with Gasteiger partial charge < -0.3 is 0 Å². The van der Waals surface area contributed by atoms with Crippen LogP contribution in [0.5, 0.6) is 0 Å². The van der Waals surface area contributed by atoms with Crippen LogP contribution in [0.4, 0.5) is 8.78 Å². The van der Waals surface area contributed by atoms with Gasteiger partial charge in [-0.3, -0.25) is 0 Å². The molecule has 0 N–H and O–H groups in total. The second kappa shape index (κ2) is 11.3. The normalized spacial score (nSPS) is 15.5. The number of hydrogen-bond acceptors (Lipinski definition) is 2. The standard InChI is InChI=1S/C30H22Br2F2O2S/c31-27-15-11-25(12-16-27)29(33,21-19-23-7-3-1-4-8-23)37(35,36)30(34,26-13-17-28(32)18-14-26)22-20-24-9-5-2-6-10-24/h1-22H. The van der Waals surface area contributed by atoms with Gasteiger partial charge in [-0.25, -0.2) is 17.2 Å². The lowest BCUT2D eigenvalue weighted by molar-refractivity contribution is 0.283. The van der Waals surface area contributed by atoms with Crippen molar-refractivity contribution in [2.45, 2.75) is 10.0 Å². The van der Waals surface area contributed by atoms with E-state index in [9.17, 15) is 8.42 Å². The highest BCUT2D eigenvalue weighted by Crippen LogP contribution is 2.48. The van der Waals surface area contributed by atoms with E-state index in [-0.39, 0.29) is 11.1 Å². The molecule has 0 spiro atoms. The summed E-state index contributed by atoms with van der Waals surface area (Å²) >= 11 is 6.58. The topological polar surface area (TPSA) is 34.1 Å². The average molecular weight is 644 g/mol. The van der Waals surface area contributed by atoms with Crippen LogP contribution >= 0.6 is 31.9 Å². The Morgan fingerprint density at radius 2 is 0.865 bits per heavy atom. The largest absolute Gasteiger partial charge is 0.258 e. The molecule has 37 heavy (non-hydrogen) atoms. The predicted octanol–water partition coefficient (Wildman–Crippen LogP) is 9.00. The van der Waals surface area contributed by atoms with Gasteiger partial charge in [0.1, 0.15) is 0 Å². The number of benzene rings is 4. The van der Waals surface area contributed by atoms with Crippen LogP contribution < -0.4 is 0 Å². The Morgan fingerprint density at radius 1 is 0.541 bits per heavy atom. The molecule has 4 aromatic rings. The molecule has 2 atom stereocenters. The van der Waals surface area contributed by atoms with Gasteiger partial charge in [0.15, 0.2) is 0 Å². The lowest BCUT2D eigenvalue weighted by atomic mass is 10.1. The molecule has 0 saturated carbocycles. The minimum atomic E-state index is -5.27. The summed E-state index contributed by atoms with van der Waals surface area (Å²) in [5, 5.41) is -6.40. The molecular weight excluding hydrogens is 622 g/mol. The first-order valence-corrected chi connectivity index (χ1v) is 14.4. The fraction of sp³-hybridized carbons (Fsp3) is 0.0667. The van der Waals surface area contributed by atoms with Crippen molar-refractivity contribution < 1.29 is 17.2 Å². The maximum Gasteiger partial charge on any atom is 0.258 e. The van der Waals surface area contributed by atoms with Gasteiger partial charge in [0.25, 0.3) is 10.0 Å². The molecule has 0 bridgehead atoms. The van der Waals surface area contributed by atoms with Crippen LogP contribution in [0.3, 0.4) is 0 Å². The second-order valence-electron chi connectivity index (χ2n) is 8.30. The van der Waals surface area contributed by atoms with E-state index in [2.05, 4.69) is 31.9 Å². The molecule has 0 aliphatic rings. The summed E-state index contributed by atoms with van der Waals surface area (Å²) in [5.74, 6) is 0. The third-order valence-electron chi connectivity index (χ3n) is 5.84. The van der Waals surface area contributed by atoms with E-state index in [1.807, 2.05) is 0 Å². The Bertz CT molecular complexity index is 1390. The first kappa shape index (κ1) is 27.2. The van der Waals surface area contributed by atoms with Crippen LogP contribution in [0.15, 0.2) is 130 Å². The monoisotopic (exact) mass is 642 g/mol. The van der Waals surface area contributed by atoms with Gasteiger partial charge in [-0.2, -0.15) is 0 Å². The number of sulfone groups is 1. The van der Waals surface area contributed by atoms with Gasteiger partial charge in [0.2, 0.25) is 9.84 Å². The summed E-state index contributed by atoms with van der Waals surface area (Å²) in [6.07, 6.45) is 4.51. The highest BCUT2D eigenvalue weighted by atomic mass is 79.9. The van der Waals surface area contributed by atoms with Crippen LogP contribution in [-0.2, 0) is 19.8 Å². The molecule has 4 rings (SSSR count). The molecule has 188 valence electrons. The first-order valence-electron chi connectivity index (χ1n) is 11.3.